The Morgan fingerprint density at radius 3 is 2.56 bits per heavy atom. The molecule has 1 unspecified atom stereocenters. The van der Waals surface area contributed by atoms with Crippen LogP contribution >= 0.6 is 0 Å². The smallest absolute Gasteiger partial charge is 0.114 e. The van der Waals surface area contributed by atoms with Crippen molar-refractivity contribution in [3.63, 3.8) is 0 Å². The van der Waals surface area contributed by atoms with Crippen LogP contribution in [-0.4, -0.2) is 31.8 Å². The predicted molar refractivity (Wildman–Crippen MR) is 37.2 cm³/mol. The predicted octanol–water partition coefficient (Wildman–Crippen LogP) is 0.851. The fraction of sp³-hybridized carbons (Fsp3) is 0.714. The molecule has 0 spiro atoms. The highest BCUT2D eigenvalue weighted by Gasteiger charge is 2.10. The first-order valence-corrected chi connectivity index (χ1v) is 3.24. The molecule has 0 aromatic rings. The van der Waals surface area contributed by atoms with E-state index in [1.54, 1.807) is 0 Å². The fourth-order valence-corrected chi connectivity index (χ4v) is 0.875. The van der Waals surface area contributed by atoms with E-state index in [9.17, 15) is 0 Å². The normalized spacial score (nSPS) is 27.2. The van der Waals surface area contributed by atoms with Crippen LogP contribution in [0.15, 0.2) is 12.2 Å². The number of nitrogens with zero attached hydrogens (tertiary/aromatic N) is 1. The second-order valence-corrected chi connectivity index (χ2v) is 2.46. The van der Waals surface area contributed by atoms with E-state index in [2.05, 4.69) is 17.1 Å². The van der Waals surface area contributed by atoms with Gasteiger partial charge in [-0.15, -0.1) is 0 Å². The number of hydrogen-bond donors (Lipinski definition) is 0. The van der Waals surface area contributed by atoms with Crippen molar-refractivity contribution in [2.24, 2.45) is 0 Å². The van der Waals surface area contributed by atoms with Crippen molar-refractivity contribution in [1.82, 2.24) is 4.90 Å². The monoisotopic (exact) mass is 127 g/mol. The Labute approximate surface area is 56.1 Å². The lowest BCUT2D eigenvalue weighted by molar-refractivity contribution is -0.0263. The van der Waals surface area contributed by atoms with Crippen molar-refractivity contribution in [2.75, 3.05) is 20.7 Å². The Kier molecular flexibility index (Phi) is 2.25. The van der Waals surface area contributed by atoms with E-state index in [-0.39, 0.29) is 0 Å². The van der Waals surface area contributed by atoms with Gasteiger partial charge < -0.3 is 4.74 Å². The fourth-order valence-electron chi connectivity index (χ4n) is 0.875. The lowest BCUT2D eigenvalue weighted by Crippen LogP contribution is -2.31. The molecule has 9 heavy (non-hydrogen) atoms. The topological polar surface area (TPSA) is 12.5 Å². The molecular weight excluding hydrogens is 114 g/mol. The quantitative estimate of drug-likeness (QED) is 0.484. The Morgan fingerprint density at radius 2 is 2.22 bits per heavy atom. The maximum Gasteiger partial charge on any atom is 0.114 e. The minimum Gasteiger partial charge on any atom is -0.359 e. The number of rotatable bonds is 1. The SMILES string of the molecule is CN(C)C1CC=CCO1. The first-order chi connectivity index (χ1) is 4.30. The summed E-state index contributed by atoms with van der Waals surface area (Å²) < 4.78 is 5.38. The zero-order valence-electron chi connectivity index (χ0n) is 6.00. The summed E-state index contributed by atoms with van der Waals surface area (Å²) in [6, 6.07) is 0. The van der Waals surface area contributed by atoms with E-state index in [1.807, 2.05) is 14.1 Å². The van der Waals surface area contributed by atoms with Gasteiger partial charge in [0, 0.05) is 6.42 Å². The van der Waals surface area contributed by atoms with E-state index in [4.69, 9.17) is 4.74 Å². The van der Waals surface area contributed by atoms with Crippen molar-refractivity contribution in [2.45, 2.75) is 12.6 Å². The van der Waals surface area contributed by atoms with Crippen LogP contribution in [0.25, 0.3) is 0 Å². The molecule has 1 heterocycles. The summed E-state index contributed by atoms with van der Waals surface area (Å²) in [7, 11) is 4.06. The molecule has 1 atom stereocenters. The summed E-state index contributed by atoms with van der Waals surface area (Å²) in [5.74, 6) is 0. The molecule has 1 aliphatic heterocycles. The van der Waals surface area contributed by atoms with Gasteiger partial charge in [0.25, 0.3) is 0 Å². The van der Waals surface area contributed by atoms with E-state index in [1.165, 1.54) is 0 Å². The molecule has 0 aromatic carbocycles. The second-order valence-electron chi connectivity index (χ2n) is 2.46. The van der Waals surface area contributed by atoms with Crippen LogP contribution in [0.4, 0.5) is 0 Å². The molecule has 2 nitrogen and oxygen atoms in total. The summed E-state index contributed by atoms with van der Waals surface area (Å²) in [4.78, 5) is 2.09. The van der Waals surface area contributed by atoms with Gasteiger partial charge in [-0.25, -0.2) is 0 Å². The van der Waals surface area contributed by atoms with Crippen molar-refractivity contribution in [1.29, 1.82) is 0 Å². The molecular formula is C7H13NO. The van der Waals surface area contributed by atoms with E-state index in [0.717, 1.165) is 13.0 Å². The van der Waals surface area contributed by atoms with Crippen LogP contribution in [-0.2, 0) is 4.74 Å². The number of ether oxygens (including phenoxy) is 1. The van der Waals surface area contributed by atoms with Gasteiger partial charge in [-0.1, -0.05) is 12.2 Å². The standard InChI is InChI=1S/C7H13NO/c1-8(2)7-5-3-4-6-9-7/h3-4,7H,5-6H2,1-2H3. The molecule has 0 aliphatic carbocycles. The van der Waals surface area contributed by atoms with Crippen LogP contribution in [0.2, 0.25) is 0 Å². The third-order valence-corrected chi connectivity index (χ3v) is 1.47. The molecule has 1 aliphatic rings. The zero-order valence-corrected chi connectivity index (χ0v) is 6.00. The molecule has 0 aromatic heterocycles. The summed E-state index contributed by atoms with van der Waals surface area (Å²) in [5, 5.41) is 0. The Balaban J connectivity index is 2.35. The van der Waals surface area contributed by atoms with Gasteiger partial charge in [0.2, 0.25) is 0 Å². The third kappa shape index (κ3) is 1.80. The summed E-state index contributed by atoms with van der Waals surface area (Å²) in [6.07, 6.45) is 5.54. The molecule has 0 amide bonds. The van der Waals surface area contributed by atoms with Crippen LogP contribution in [0.1, 0.15) is 6.42 Å². The van der Waals surface area contributed by atoms with E-state index >= 15 is 0 Å². The summed E-state index contributed by atoms with van der Waals surface area (Å²) >= 11 is 0. The Morgan fingerprint density at radius 1 is 1.44 bits per heavy atom. The van der Waals surface area contributed by atoms with E-state index in [0.29, 0.717) is 6.23 Å². The molecule has 1 rings (SSSR count). The first-order valence-electron chi connectivity index (χ1n) is 3.24. The van der Waals surface area contributed by atoms with Gasteiger partial charge in [0.1, 0.15) is 6.23 Å². The maximum absolute atomic E-state index is 5.38. The molecule has 52 valence electrons. The molecule has 2 heteroatoms. The molecule has 0 radical (unpaired) electrons. The van der Waals surface area contributed by atoms with Crippen LogP contribution in [0.3, 0.4) is 0 Å². The zero-order chi connectivity index (χ0) is 6.69. The molecule has 0 saturated heterocycles. The minimum atomic E-state index is 0.301. The maximum atomic E-state index is 5.38. The highest BCUT2D eigenvalue weighted by atomic mass is 16.5. The van der Waals surface area contributed by atoms with Crippen molar-refractivity contribution >= 4 is 0 Å². The van der Waals surface area contributed by atoms with Crippen molar-refractivity contribution in [3.8, 4) is 0 Å². The van der Waals surface area contributed by atoms with Gasteiger partial charge in [0.15, 0.2) is 0 Å². The summed E-state index contributed by atoms with van der Waals surface area (Å²) in [5.41, 5.74) is 0. The van der Waals surface area contributed by atoms with Gasteiger partial charge in [-0.3, -0.25) is 4.90 Å². The Hall–Kier alpha value is -0.340. The summed E-state index contributed by atoms with van der Waals surface area (Å²) in [6.45, 7) is 0.767. The molecule has 0 saturated carbocycles. The first kappa shape index (κ1) is 6.78. The van der Waals surface area contributed by atoms with E-state index < -0.39 is 0 Å². The molecule has 0 N–H and O–H groups in total. The largest absolute Gasteiger partial charge is 0.359 e. The minimum absolute atomic E-state index is 0.301. The van der Waals surface area contributed by atoms with Crippen molar-refractivity contribution < 1.29 is 4.74 Å². The van der Waals surface area contributed by atoms with Gasteiger partial charge in [-0.2, -0.15) is 0 Å². The molecule has 0 fully saturated rings. The van der Waals surface area contributed by atoms with Gasteiger partial charge in [0.05, 0.1) is 6.61 Å². The third-order valence-electron chi connectivity index (χ3n) is 1.47. The van der Waals surface area contributed by atoms with Gasteiger partial charge in [-0.05, 0) is 14.1 Å². The Bertz CT molecular complexity index is 109. The lowest BCUT2D eigenvalue weighted by Gasteiger charge is -2.24. The van der Waals surface area contributed by atoms with Crippen LogP contribution in [0, 0.1) is 0 Å². The average molecular weight is 127 g/mol. The van der Waals surface area contributed by atoms with Crippen molar-refractivity contribution in [3.05, 3.63) is 12.2 Å². The second kappa shape index (κ2) is 2.99. The highest BCUT2D eigenvalue weighted by Crippen LogP contribution is 2.06. The molecule has 0 bridgehead atoms. The average Bonchev–Trinajstić information content (AvgIpc) is 1.90. The lowest BCUT2D eigenvalue weighted by atomic mass is 10.3. The van der Waals surface area contributed by atoms with Gasteiger partial charge >= 0.3 is 0 Å². The van der Waals surface area contributed by atoms with Crippen LogP contribution in [0.5, 0.6) is 0 Å². The highest BCUT2D eigenvalue weighted by molar-refractivity contribution is 4.88. The van der Waals surface area contributed by atoms with Crippen LogP contribution < -0.4 is 0 Å². The number of hydrogen-bond acceptors (Lipinski definition) is 2.